The van der Waals surface area contributed by atoms with Crippen LogP contribution in [0.5, 0.6) is 5.75 Å². The summed E-state index contributed by atoms with van der Waals surface area (Å²) in [6, 6.07) is 1.49. The molecule has 0 aliphatic heterocycles. The molecule has 8 heteroatoms. The van der Waals surface area contributed by atoms with Crippen molar-refractivity contribution in [3.63, 3.8) is 0 Å². The number of rotatable bonds is 5. The molecule has 0 unspecified atom stereocenters. The van der Waals surface area contributed by atoms with Gasteiger partial charge in [-0.05, 0) is 26.8 Å². The third kappa shape index (κ3) is 5.77. The zero-order valence-electron chi connectivity index (χ0n) is 12.9. The van der Waals surface area contributed by atoms with Gasteiger partial charge in [-0.1, -0.05) is 11.6 Å². The monoisotopic (exact) mass is 330 g/mol. The molecular weight excluding hydrogens is 312 g/mol. The van der Waals surface area contributed by atoms with Crippen LogP contribution in [0.4, 0.5) is 4.79 Å². The maximum absolute atomic E-state index is 11.6. The van der Waals surface area contributed by atoms with Crippen molar-refractivity contribution in [2.45, 2.75) is 26.4 Å². The number of carbonyl (C=O) groups excluding carboxylic acids is 2. The number of nitrogens with zero attached hydrogens (tertiary/aromatic N) is 1. The largest absolute Gasteiger partial charge is 0.491 e. The van der Waals surface area contributed by atoms with E-state index in [-0.39, 0.29) is 29.6 Å². The van der Waals surface area contributed by atoms with E-state index in [1.807, 2.05) is 0 Å². The molecule has 1 aromatic rings. The summed E-state index contributed by atoms with van der Waals surface area (Å²) in [5, 5.41) is 2.53. The highest BCUT2D eigenvalue weighted by Crippen LogP contribution is 2.24. The van der Waals surface area contributed by atoms with Crippen LogP contribution in [0.3, 0.4) is 0 Å². The molecule has 0 aromatic carbocycles. The van der Waals surface area contributed by atoms with E-state index in [0.29, 0.717) is 0 Å². The molecule has 0 atom stereocenters. The summed E-state index contributed by atoms with van der Waals surface area (Å²) in [6.07, 6.45) is 0.864. The molecular formula is C14H19ClN2O5. The van der Waals surface area contributed by atoms with Gasteiger partial charge in [0.1, 0.15) is 28.7 Å². The van der Waals surface area contributed by atoms with Crippen molar-refractivity contribution in [1.29, 1.82) is 0 Å². The van der Waals surface area contributed by atoms with Gasteiger partial charge >= 0.3 is 12.1 Å². The number of hydrogen-bond donors (Lipinski definition) is 1. The lowest BCUT2D eigenvalue weighted by atomic mass is 10.2. The van der Waals surface area contributed by atoms with E-state index in [0.717, 1.165) is 0 Å². The quantitative estimate of drug-likeness (QED) is 0.507. The smallest absolute Gasteiger partial charge is 0.407 e. The lowest BCUT2D eigenvalue weighted by Crippen LogP contribution is -2.34. The SMILES string of the molecule is COC(=O)c1c(OCCNC(=O)OC(C)(C)C)ccnc1Cl. The second kappa shape index (κ2) is 7.84. The van der Waals surface area contributed by atoms with Crippen molar-refractivity contribution < 1.29 is 23.8 Å². The fraction of sp³-hybridized carbons (Fsp3) is 0.500. The van der Waals surface area contributed by atoms with Crippen molar-refractivity contribution in [3.05, 3.63) is 23.0 Å². The summed E-state index contributed by atoms with van der Waals surface area (Å²) in [6.45, 7) is 5.64. The molecule has 1 rings (SSSR count). The standard InChI is InChI=1S/C14H19ClN2O5/c1-14(2,3)22-13(19)17-7-8-21-9-5-6-16-11(15)10(9)12(18)20-4/h5-6H,7-8H2,1-4H3,(H,17,19). The van der Waals surface area contributed by atoms with Crippen LogP contribution in [0, 0.1) is 0 Å². The van der Waals surface area contributed by atoms with Crippen molar-refractivity contribution in [1.82, 2.24) is 10.3 Å². The molecule has 1 aromatic heterocycles. The molecule has 1 amide bonds. The normalized spacial score (nSPS) is 10.8. The van der Waals surface area contributed by atoms with Gasteiger partial charge in [0.15, 0.2) is 0 Å². The number of ether oxygens (including phenoxy) is 3. The molecule has 1 heterocycles. The molecule has 0 fully saturated rings. The second-order valence-electron chi connectivity index (χ2n) is 5.24. The number of pyridine rings is 1. The molecule has 0 spiro atoms. The molecule has 0 saturated carbocycles. The second-order valence-corrected chi connectivity index (χ2v) is 5.60. The number of aromatic nitrogens is 1. The first-order chi connectivity index (χ1) is 10.2. The van der Waals surface area contributed by atoms with Gasteiger partial charge in [-0.2, -0.15) is 0 Å². The van der Waals surface area contributed by atoms with E-state index < -0.39 is 17.7 Å². The average molecular weight is 331 g/mol. The number of methoxy groups -OCH3 is 1. The van der Waals surface area contributed by atoms with E-state index in [9.17, 15) is 9.59 Å². The van der Waals surface area contributed by atoms with E-state index in [1.165, 1.54) is 19.4 Å². The fourth-order valence-corrected chi connectivity index (χ4v) is 1.68. The number of amides is 1. The molecule has 122 valence electrons. The van der Waals surface area contributed by atoms with Gasteiger partial charge in [0.2, 0.25) is 0 Å². The summed E-state index contributed by atoms with van der Waals surface area (Å²) >= 11 is 5.86. The van der Waals surface area contributed by atoms with Crippen molar-refractivity contribution in [2.24, 2.45) is 0 Å². The van der Waals surface area contributed by atoms with Gasteiger partial charge < -0.3 is 19.5 Å². The maximum Gasteiger partial charge on any atom is 0.407 e. The highest BCUT2D eigenvalue weighted by molar-refractivity contribution is 6.32. The van der Waals surface area contributed by atoms with Crippen molar-refractivity contribution in [2.75, 3.05) is 20.3 Å². The van der Waals surface area contributed by atoms with Gasteiger partial charge in [-0.3, -0.25) is 0 Å². The van der Waals surface area contributed by atoms with E-state index in [2.05, 4.69) is 15.0 Å². The first-order valence-electron chi connectivity index (χ1n) is 6.57. The van der Waals surface area contributed by atoms with Crippen molar-refractivity contribution >= 4 is 23.7 Å². The van der Waals surface area contributed by atoms with Gasteiger partial charge in [0, 0.05) is 6.20 Å². The minimum atomic E-state index is -0.645. The molecule has 0 saturated heterocycles. The highest BCUT2D eigenvalue weighted by Gasteiger charge is 2.19. The zero-order chi connectivity index (χ0) is 16.8. The average Bonchev–Trinajstić information content (AvgIpc) is 2.41. The number of esters is 1. The summed E-state index contributed by atoms with van der Waals surface area (Å²) in [5.41, 5.74) is -0.523. The van der Waals surface area contributed by atoms with E-state index in [4.69, 9.17) is 21.1 Å². The van der Waals surface area contributed by atoms with Crippen LogP contribution in [0.1, 0.15) is 31.1 Å². The molecule has 0 aliphatic rings. The van der Waals surface area contributed by atoms with Gasteiger partial charge in [-0.25, -0.2) is 14.6 Å². The first kappa shape index (κ1) is 18.0. The minimum absolute atomic E-state index is 0.00977. The maximum atomic E-state index is 11.6. The Morgan fingerprint density at radius 1 is 1.36 bits per heavy atom. The van der Waals surface area contributed by atoms with Gasteiger partial charge in [-0.15, -0.1) is 0 Å². The van der Waals surface area contributed by atoms with Crippen LogP contribution in [0.15, 0.2) is 12.3 Å². The number of halogens is 1. The fourth-order valence-electron chi connectivity index (χ4n) is 1.46. The molecule has 7 nitrogen and oxygen atoms in total. The molecule has 0 aliphatic carbocycles. The van der Waals surface area contributed by atoms with Crippen LogP contribution in [-0.4, -0.2) is 42.9 Å². The van der Waals surface area contributed by atoms with Crippen LogP contribution in [-0.2, 0) is 9.47 Å². The molecule has 0 radical (unpaired) electrons. The third-order valence-corrected chi connectivity index (χ3v) is 2.57. The highest BCUT2D eigenvalue weighted by atomic mass is 35.5. The predicted octanol–water partition coefficient (Wildman–Crippen LogP) is 2.43. The van der Waals surface area contributed by atoms with Gasteiger partial charge in [0.25, 0.3) is 0 Å². The van der Waals surface area contributed by atoms with Crippen LogP contribution >= 0.6 is 11.6 Å². The molecule has 1 N–H and O–H groups in total. The zero-order valence-corrected chi connectivity index (χ0v) is 13.7. The number of hydrogen-bond acceptors (Lipinski definition) is 6. The summed E-state index contributed by atoms with van der Waals surface area (Å²) in [4.78, 5) is 26.9. The van der Waals surface area contributed by atoms with Crippen molar-refractivity contribution in [3.8, 4) is 5.75 Å². The Morgan fingerprint density at radius 2 is 2.05 bits per heavy atom. The van der Waals surface area contributed by atoms with Gasteiger partial charge in [0.05, 0.1) is 13.7 Å². The van der Waals surface area contributed by atoms with Crippen LogP contribution < -0.4 is 10.1 Å². The minimum Gasteiger partial charge on any atom is -0.491 e. The van der Waals surface area contributed by atoms with Crippen LogP contribution in [0.2, 0.25) is 5.15 Å². The van der Waals surface area contributed by atoms with E-state index in [1.54, 1.807) is 20.8 Å². The first-order valence-corrected chi connectivity index (χ1v) is 6.95. The topological polar surface area (TPSA) is 86.8 Å². The predicted molar refractivity (Wildman–Crippen MR) is 80.3 cm³/mol. The Hall–Kier alpha value is -2.02. The number of carbonyl (C=O) groups is 2. The summed E-state index contributed by atoms with van der Waals surface area (Å²) in [7, 11) is 1.24. The third-order valence-electron chi connectivity index (χ3n) is 2.28. The Labute approximate surface area is 133 Å². The summed E-state index contributed by atoms with van der Waals surface area (Å²) < 4.78 is 15.1. The Kier molecular flexibility index (Phi) is 6.42. The molecule has 0 bridgehead atoms. The molecule has 22 heavy (non-hydrogen) atoms. The lowest BCUT2D eigenvalue weighted by Gasteiger charge is -2.19. The Bertz CT molecular complexity index is 543. The Balaban J connectivity index is 2.54. The summed E-state index contributed by atoms with van der Waals surface area (Å²) in [5.74, 6) is -0.411. The number of alkyl carbamates (subject to hydrolysis) is 1. The number of nitrogens with one attached hydrogen (secondary N) is 1. The lowest BCUT2D eigenvalue weighted by molar-refractivity contribution is 0.0516. The van der Waals surface area contributed by atoms with Crippen LogP contribution in [0.25, 0.3) is 0 Å². The Morgan fingerprint density at radius 3 is 2.64 bits per heavy atom. The van der Waals surface area contributed by atoms with E-state index >= 15 is 0 Å².